The molecule has 0 saturated carbocycles. The quantitative estimate of drug-likeness (QED) is 0.783. The van der Waals surface area contributed by atoms with E-state index in [0.717, 1.165) is 17.9 Å². The van der Waals surface area contributed by atoms with E-state index in [9.17, 15) is 8.78 Å². The van der Waals surface area contributed by atoms with Gasteiger partial charge in [-0.3, -0.25) is 4.90 Å². The summed E-state index contributed by atoms with van der Waals surface area (Å²) in [6.07, 6.45) is 2.05. The van der Waals surface area contributed by atoms with Crippen LogP contribution in [0.2, 0.25) is 0 Å². The van der Waals surface area contributed by atoms with Gasteiger partial charge in [0.1, 0.15) is 0 Å². The summed E-state index contributed by atoms with van der Waals surface area (Å²) in [5.74, 6) is -0.532. The second-order valence-corrected chi connectivity index (χ2v) is 4.81. The van der Waals surface area contributed by atoms with Gasteiger partial charge in [-0.05, 0) is 37.9 Å². The van der Waals surface area contributed by atoms with E-state index in [1.165, 1.54) is 12.1 Å². The van der Waals surface area contributed by atoms with Crippen LogP contribution in [0.25, 0.3) is 0 Å². The first kappa shape index (κ1) is 13.5. The van der Waals surface area contributed by atoms with Crippen molar-refractivity contribution in [2.75, 3.05) is 25.6 Å². The molecule has 0 saturated heterocycles. The highest BCUT2D eigenvalue weighted by molar-refractivity contribution is 7.98. The van der Waals surface area contributed by atoms with Crippen molar-refractivity contribution < 1.29 is 8.78 Å². The van der Waals surface area contributed by atoms with Crippen molar-refractivity contribution in [3.05, 3.63) is 35.4 Å². The summed E-state index contributed by atoms with van der Waals surface area (Å²) in [6.45, 7) is 2.92. The van der Waals surface area contributed by atoms with E-state index in [4.69, 9.17) is 0 Å². The predicted octanol–water partition coefficient (Wildman–Crippen LogP) is 3.32. The van der Waals surface area contributed by atoms with Crippen LogP contribution in [0.5, 0.6) is 0 Å². The molecule has 0 spiro atoms. The maximum absolute atomic E-state index is 13.1. The Morgan fingerprint density at radius 1 is 1.31 bits per heavy atom. The number of halogens is 2. The van der Waals surface area contributed by atoms with Gasteiger partial charge in [0.2, 0.25) is 0 Å². The molecule has 1 rings (SSSR count). The minimum Gasteiger partial charge on any atom is -0.299 e. The molecule has 1 unspecified atom stereocenters. The Hall–Kier alpha value is -0.610. The lowest BCUT2D eigenvalue weighted by molar-refractivity contribution is 0.277. The smallest absolute Gasteiger partial charge is 0.159 e. The van der Waals surface area contributed by atoms with Crippen molar-refractivity contribution in [1.82, 2.24) is 4.90 Å². The monoisotopic (exact) mass is 245 g/mol. The number of rotatable bonds is 5. The molecule has 0 aromatic heterocycles. The molecule has 1 atom stereocenters. The lowest BCUT2D eigenvalue weighted by Crippen LogP contribution is -2.25. The van der Waals surface area contributed by atoms with Crippen molar-refractivity contribution in [1.29, 1.82) is 0 Å². The van der Waals surface area contributed by atoms with Crippen molar-refractivity contribution >= 4 is 11.8 Å². The molecule has 1 aromatic rings. The molecule has 1 aromatic carbocycles. The van der Waals surface area contributed by atoms with Crippen molar-refractivity contribution in [3.63, 3.8) is 0 Å². The zero-order chi connectivity index (χ0) is 12.1. The Morgan fingerprint density at radius 3 is 2.56 bits per heavy atom. The molecule has 0 fully saturated rings. The van der Waals surface area contributed by atoms with Gasteiger partial charge in [-0.15, -0.1) is 0 Å². The summed E-state index contributed by atoms with van der Waals surface area (Å²) in [7, 11) is 1.99. The highest BCUT2D eigenvalue weighted by Crippen LogP contribution is 2.20. The van der Waals surface area contributed by atoms with E-state index in [1.54, 1.807) is 17.8 Å². The molecule has 0 aliphatic heterocycles. The van der Waals surface area contributed by atoms with Crippen LogP contribution in [0.15, 0.2) is 18.2 Å². The fraction of sp³-hybridized carbons (Fsp3) is 0.500. The van der Waals surface area contributed by atoms with Gasteiger partial charge < -0.3 is 0 Å². The fourth-order valence-corrected chi connectivity index (χ4v) is 1.93. The van der Waals surface area contributed by atoms with Crippen LogP contribution in [0.4, 0.5) is 8.78 Å². The first-order valence-electron chi connectivity index (χ1n) is 5.20. The van der Waals surface area contributed by atoms with Crippen LogP contribution in [-0.4, -0.2) is 30.5 Å². The van der Waals surface area contributed by atoms with E-state index in [-0.39, 0.29) is 6.04 Å². The van der Waals surface area contributed by atoms with Gasteiger partial charge in [-0.1, -0.05) is 6.07 Å². The van der Waals surface area contributed by atoms with Crippen LogP contribution in [0.3, 0.4) is 0 Å². The first-order chi connectivity index (χ1) is 7.56. The predicted molar refractivity (Wildman–Crippen MR) is 65.8 cm³/mol. The second-order valence-electron chi connectivity index (χ2n) is 3.82. The fourth-order valence-electron chi connectivity index (χ4n) is 1.46. The molecule has 0 aliphatic rings. The molecule has 0 bridgehead atoms. The Morgan fingerprint density at radius 2 is 2.00 bits per heavy atom. The topological polar surface area (TPSA) is 3.24 Å². The molecule has 0 radical (unpaired) electrons. The number of benzene rings is 1. The summed E-state index contributed by atoms with van der Waals surface area (Å²) < 4.78 is 25.8. The molecule has 90 valence electrons. The maximum atomic E-state index is 13.1. The SMILES string of the molecule is CSCCN(C)C(C)c1ccc(F)c(F)c1. The number of nitrogens with zero attached hydrogens (tertiary/aromatic N) is 1. The highest BCUT2D eigenvalue weighted by atomic mass is 32.2. The summed E-state index contributed by atoms with van der Waals surface area (Å²) in [6, 6.07) is 4.19. The Balaban J connectivity index is 2.71. The average Bonchev–Trinajstić information content (AvgIpc) is 2.28. The van der Waals surface area contributed by atoms with Crippen LogP contribution in [-0.2, 0) is 0 Å². The molecule has 16 heavy (non-hydrogen) atoms. The molecule has 1 nitrogen and oxygen atoms in total. The van der Waals surface area contributed by atoms with Gasteiger partial charge in [0.25, 0.3) is 0 Å². The molecule has 0 N–H and O–H groups in total. The minimum atomic E-state index is -0.789. The van der Waals surface area contributed by atoms with E-state index < -0.39 is 11.6 Å². The third-order valence-corrected chi connectivity index (χ3v) is 3.33. The molecule has 0 heterocycles. The van der Waals surface area contributed by atoms with Crippen LogP contribution in [0, 0.1) is 11.6 Å². The summed E-state index contributed by atoms with van der Waals surface area (Å²) in [5, 5.41) is 0. The lowest BCUT2D eigenvalue weighted by Gasteiger charge is -2.24. The second kappa shape index (κ2) is 6.21. The van der Waals surface area contributed by atoms with Crippen molar-refractivity contribution in [3.8, 4) is 0 Å². The van der Waals surface area contributed by atoms with Crippen molar-refractivity contribution in [2.45, 2.75) is 13.0 Å². The van der Waals surface area contributed by atoms with Crippen LogP contribution < -0.4 is 0 Å². The maximum Gasteiger partial charge on any atom is 0.159 e. The Labute approximate surface area is 99.8 Å². The molecule has 0 aliphatic carbocycles. The van der Waals surface area contributed by atoms with Gasteiger partial charge in [0.05, 0.1) is 0 Å². The number of thioether (sulfide) groups is 1. The highest BCUT2D eigenvalue weighted by Gasteiger charge is 2.13. The van der Waals surface area contributed by atoms with E-state index >= 15 is 0 Å². The van der Waals surface area contributed by atoms with Crippen LogP contribution >= 0.6 is 11.8 Å². The third kappa shape index (κ3) is 3.46. The Bertz CT molecular complexity index is 344. The average molecular weight is 245 g/mol. The first-order valence-corrected chi connectivity index (χ1v) is 6.59. The largest absolute Gasteiger partial charge is 0.299 e. The zero-order valence-electron chi connectivity index (χ0n) is 9.84. The van der Waals surface area contributed by atoms with Gasteiger partial charge in [0.15, 0.2) is 11.6 Å². The number of hydrogen-bond acceptors (Lipinski definition) is 2. The normalized spacial score (nSPS) is 13.1. The molecular formula is C12H17F2NS. The zero-order valence-corrected chi connectivity index (χ0v) is 10.7. The van der Waals surface area contributed by atoms with Gasteiger partial charge in [0, 0.05) is 18.3 Å². The minimum absolute atomic E-state index is 0.0993. The number of hydrogen-bond donors (Lipinski definition) is 0. The summed E-state index contributed by atoms with van der Waals surface area (Å²) in [4.78, 5) is 2.13. The van der Waals surface area contributed by atoms with E-state index in [2.05, 4.69) is 11.2 Å². The van der Waals surface area contributed by atoms with Crippen LogP contribution in [0.1, 0.15) is 18.5 Å². The van der Waals surface area contributed by atoms with E-state index in [0.29, 0.717) is 0 Å². The summed E-state index contributed by atoms with van der Waals surface area (Å²) >= 11 is 1.77. The third-order valence-electron chi connectivity index (χ3n) is 2.74. The molecule has 0 amide bonds. The molecular weight excluding hydrogens is 228 g/mol. The van der Waals surface area contributed by atoms with E-state index in [1.807, 2.05) is 14.0 Å². The van der Waals surface area contributed by atoms with Gasteiger partial charge in [-0.2, -0.15) is 11.8 Å². The van der Waals surface area contributed by atoms with Gasteiger partial charge >= 0.3 is 0 Å². The molecule has 4 heteroatoms. The van der Waals surface area contributed by atoms with Gasteiger partial charge in [-0.25, -0.2) is 8.78 Å². The van der Waals surface area contributed by atoms with Crippen molar-refractivity contribution in [2.24, 2.45) is 0 Å². The standard InChI is InChI=1S/C12H17F2NS/c1-9(15(2)6-7-16-3)10-4-5-11(13)12(14)8-10/h4-5,8-9H,6-7H2,1-3H3. The Kier molecular flexibility index (Phi) is 5.22. The lowest BCUT2D eigenvalue weighted by atomic mass is 10.1. The summed E-state index contributed by atoms with van der Waals surface area (Å²) in [5.41, 5.74) is 0.808.